The number of Topliss-reactive ketones (excluding diaryl/α,β-unsaturated/α-hetero) is 1. The van der Waals surface area contributed by atoms with E-state index in [-0.39, 0.29) is 5.78 Å². The van der Waals surface area contributed by atoms with Crippen molar-refractivity contribution in [1.29, 1.82) is 0 Å². The number of aromatic amines is 1. The van der Waals surface area contributed by atoms with E-state index in [9.17, 15) is 9.59 Å². The number of aryl methyl sites for hydroxylation is 1. The molecule has 1 atom stereocenters. The minimum atomic E-state index is -0.500. The smallest absolute Gasteiger partial charge is 0.339 e. The van der Waals surface area contributed by atoms with Crippen LogP contribution < -0.4 is 14.8 Å². The molecule has 0 bridgehead atoms. The Labute approximate surface area is 151 Å². The van der Waals surface area contributed by atoms with Gasteiger partial charge in [-0.05, 0) is 38.5 Å². The van der Waals surface area contributed by atoms with Crippen LogP contribution in [0, 0.1) is 13.8 Å². The van der Waals surface area contributed by atoms with Gasteiger partial charge in [0.2, 0.25) is 5.78 Å². The molecule has 1 aromatic carbocycles. The number of aromatic nitrogens is 1. The number of carbonyl (C=O) groups is 2. The fraction of sp³-hybridized carbons (Fsp3) is 0.368. The van der Waals surface area contributed by atoms with Gasteiger partial charge in [-0.1, -0.05) is 0 Å². The molecule has 0 spiro atoms. The van der Waals surface area contributed by atoms with E-state index >= 15 is 0 Å². The maximum atomic E-state index is 12.8. The lowest BCUT2D eigenvalue weighted by atomic mass is 10.0. The van der Waals surface area contributed by atoms with Crippen LogP contribution in [0.15, 0.2) is 18.2 Å². The van der Waals surface area contributed by atoms with Gasteiger partial charge in [0, 0.05) is 17.4 Å². The number of anilines is 1. The van der Waals surface area contributed by atoms with E-state index in [1.165, 1.54) is 7.11 Å². The van der Waals surface area contributed by atoms with Crippen molar-refractivity contribution in [3.05, 3.63) is 40.7 Å². The first-order chi connectivity index (χ1) is 12.4. The third kappa shape index (κ3) is 3.24. The van der Waals surface area contributed by atoms with E-state index in [0.717, 1.165) is 5.69 Å². The van der Waals surface area contributed by atoms with Gasteiger partial charge in [0.1, 0.15) is 13.2 Å². The number of H-pyrrole nitrogens is 1. The summed E-state index contributed by atoms with van der Waals surface area (Å²) in [6, 6.07) is 4.96. The summed E-state index contributed by atoms with van der Waals surface area (Å²) in [4.78, 5) is 27.7. The molecule has 3 rings (SSSR count). The normalized spacial score (nSPS) is 13.8. The number of ketones is 1. The lowest BCUT2D eigenvalue weighted by Gasteiger charge is -2.20. The molecule has 26 heavy (non-hydrogen) atoms. The van der Waals surface area contributed by atoms with Crippen LogP contribution in [-0.2, 0) is 4.74 Å². The fourth-order valence-corrected chi connectivity index (χ4v) is 3.07. The summed E-state index contributed by atoms with van der Waals surface area (Å²) in [6.45, 7) is 6.28. The number of benzene rings is 1. The van der Waals surface area contributed by atoms with Crippen LogP contribution in [0.1, 0.15) is 39.0 Å². The van der Waals surface area contributed by atoms with Crippen molar-refractivity contribution < 1.29 is 23.8 Å². The van der Waals surface area contributed by atoms with Crippen molar-refractivity contribution in [2.45, 2.75) is 26.8 Å². The van der Waals surface area contributed by atoms with Gasteiger partial charge in [-0.15, -0.1) is 0 Å². The minimum Gasteiger partial charge on any atom is -0.486 e. The molecule has 7 nitrogen and oxygen atoms in total. The lowest BCUT2D eigenvalue weighted by molar-refractivity contribution is 0.0599. The summed E-state index contributed by atoms with van der Waals surface area (Å²) >= 11 is 0. The predicted molar refractivity (Wildman–Crippen MR) is 96.5 cm³/mol. The first-order valence-electron chi connectivity index (χ1n) is 8.40. The molecular formula is C19H22N2O5. The zero-order chi connectivity index (χ0) is 18.8. The fourth-order valence-electron chi connectivity index (χ4n) is 3.07. The first-order valence-corrected chi connectivity index (χ1v) is 8.40. The first kappa shape index (κ1) is 17.8. The zero-order valence-corrected chi connectivity index (χ0v) is 15.3. The Kier molecular flexibility index (Phi) is 4.88. The Morgan fingerprint density at radius 2 is 1.88 bits per heavy atom. The molecule has 0 unspecified atom stereocenters. The molecule has 2 aromatic rings. The topological polar surface area (TPSA) is 89.7 Å². The van der Waals surface area contributed by atoms with Gasteiger partial charge in [0.15, 0.2) is 11.5 Å². The monoisotopic (exact) mass is 358 g/mol. The van der Waals surface area contributed by atoms with E-state index in [0.29, 0.717) is 47.2 Å². The van der Waals surface area contributed by atoms with Crippen LogP contribution >= 0.6 is 0 Å². The number of rotatable bonds is 5. The number of ether oxygens (including phenoxy) is 3. The summed E-state index contributed by atoms with van der Waals surface area (Å²) in [5.74, 6) is 0.749. The number of nitrogens with one attached hydrogen (secondary N) is 2. The molecule has 0 saturated carbocycles. The van der Waals surface area contributed by atoms with Crippen LogP contribution in [0.5, 0.6) is 11.5 Å². The number of esters is 1. The number of methoxy groups -OCH3 is 1. The molecule has 138 valence electrons. The van der Waals surface area contributed by atoms with E-state index in [1.807, 2.05) is 18.2 Å². The lowest BCUT2D eigenvalue weighted by Crippen LogP contribution is -2.27. The second-order valence-electron chi connectivity index (χ2n) is 6.21. The molecule has 1 aromatic heterocycles. The summed E-state index contributed by atoms with van der Waals surface area (Å²) in [5, 5.41) is 3.17. The van der Waals surface area contributed by atoms with E-state index < -0.39 is 12.0 Å². The highest BCUT2D eigenvalue weighted by Crippen LogP contribution is 2.33. The van der Waals surface area contributed by atoms with Crippen LogP contribution in [0.3, 0.4) is 0 Å². The highest BCUT2D eigenvalue weighted by atomic mass is 16.6. The maximum Gasteiger partial charge on any atom is 0.339 e. The second kappa shape index (κ2) is 7.11. The second-order valence-corrected chi connectivity index (χ2v) is 6.21. The molecule has 2 N–H and O–H groups in total. The molecule has 0 fully saturated rings. The Bertz CT molecular complexity index is 856. The van der Waals surface area contributed by atoms with Crippen molar-refractivity contribution >= 4 is 17.4 Å². The highest BCUT2D eigenvalue weighted by molar-refractivity contribution is 6.04. The van der Waals surface area contributed by atoms with Gasteiger partial charge in [0.05, 0.1) is 24.4 Å². The average molecular weight is 358 g/mol. The van der Waals surface area contributed by atoms with Crippen LogP contribution in [-0.4, -0.2) is 43.1 Å². The molecule has 0 saturated heterocycles. The Morgan fingerprint density at radius 3 is 2.58 bits per heavy atom. The summed E-state index contributed by atoms with van der Waals surface area (Å²) in [5.41, 5.74) is 2.77. The van der Waals surface area contributed by atoms with Crippen molar-refractivity contribution in [2.75, 3.05) is 25.6 Å². The highest BCUT2D eigenvalue weighted by Gasteiger charge is 2.25. The number of carbonyl (C=O) groups excluding carboxylic acids is 2. The van der Waals surface area contributed by atoms with Crippen molar-refractivity contribution in [3.63, 3.8) is 0 Å². The number of fused-ring (bicyclic) bond motifs is 1. The van der Waals surface area contributed by atoms with Gasteiger partial charge in [-0.3, -0.25) is 4.79 Å². The summed E-state index contributed by atoms with van der Waals surface area (Å²) in [6.07, 6.45) is 0. The quantitative estimate of drug-likeness (QED) is 0.631. The van der Waals surface area contributed by atoms with E-state index in [1.54, 1.807) is 20.8 Å². The minimum absolute atomic E-state index is 0.143. The third-order valence-electron chi connectivity index (χ3n) is 4.39. The molecule has 0 radical (unpaired) electrons. The van der Waals surface area contributed by atoms with Crippen LogP contribution in [0.25, 0.3) is 0 Å². The van der Waals surface area contributed by atoms with E-state index in [2.05, 4.69) is 10.3 Å². The Balaban J connectivity index is 1.79. The predicted octanol–water partition coefficient (Wildman–Crippen LogP) is 2.87. The Hall–Kier alpha value is -2.96. The van der Waals surface area contributed by atoms with Crippen LogP contribution in [0.2, 0.25) is 0 Å². The molecule has 2 heterocycles. The van der Waals surface area contributed by atoms with Gasteiger partial charge in [-0.25, -0.2) is 4.79 Å². The molecule has 1 aliphatic rings. The molecular weight excluding hydrogens is 336 g/mol. The standard InChI is InChI=1S/C19H22N2O5/c1-10-16(19(23)24-4)11(2)21-17(10)18(22)12(3)20-13-5-6-14-15(9-13)26-8-7-25-14/h5-6,9,12,20-21H,7-8H2,1-4H3/t12-/m0/s1. The van der Waals surface area contributed by atoms with Crippen molar-refractivity contribution in [2.24, 2.45) is 0 Å². The summed E-state index contributed by atoms with van der Waals surface area (Å²) < 4.78 is 15.8. The third-order valence-corrected chi connectivity index (χ3v) is 4.39. The van der Waals surface area contributed by atoms with Crippen molar-refractivity contribution in [3.8, 4) is 11.5 Å². The van der Waals surface area contributed by atoms with Gasteiger partial charge >= 0.3 is 5.97 Å². The number of hydrogen-bond acceptors (Lipinski definition) is 6. The zero-order valence-electron chi connectivity index (χ0n) is 15.3. The average Bonchev–Trinajstić information content (AvgIpc) is 2.94. The van der Waals surface area contributed by atoms with Gasteiger partial charge in [0.25, 0.3) is 0 Å². The summed E-state index contributed by atoms with van der Waals surface area (Å²) in [7, 11) is 1.32. The molecule has 1 aliphatic heterocycles. The number of hydrogen-bond donors (Lipinski definition) is 2. The molecule has 0 aliphatic carbocycles. The maximum absolute atomic E-state index is 12.8. The molecule has 7 heteroatoms. The van der Waals surface area contributed by atoms with E-state index in [4.69, 9.17) is 14.2 Å². The Morgan fingerprint density at radius 1 is 1.19 bits per heavy atom. The largest absolute Gasteiger partial charge is 0.486 e. The SMILES string of the molecule is COC(=O)c1c(C)[nH]c(C(=O)[C@H](C)Nc2ccc3c(c2)OCCO3)c1C. The van der Waals surface area contributed by atoms with Crippen LogP contribution in [0.4, 0.5) is 5.69 Å². The van der Waals surface area contributed by atoms with Crippen molar-refractivity contribution in [1.82, 2.24) is 4.98 Å². The van der Waals surface area contributed by atoms with Gasteiger partial charge in [-0.2, -0.15) is 0 Å². The molecule has 0 amide bonds. The van der Waals surface area contributed by atoms with Gasteiger partial charge < -0.3 is 24.5 Å².